The van der Waals surface area contributed by atoms with E-state index < -0.39 is 15.4 Å². The topological polar surface area (TPSA) is 90.1 Å². The van der Waals surface area contributed by atoms with Crippen molar-refractivity contribution in [1.82, 2.24) is 23.9 Å². The van der Waals surface area contributed by atoms with Crippen molar-refractivity contribution in [1.29, 1.82) is 0 Å². The molecule has 3 heterocycles. The number of carbonyl (C=O) groups is 1. The lowest BCUT2D eigenvalue weighted by atomic mass is 9.72. The van der Waals surface area contributed by atoms with Gasteiger partial charge in [0.2, 0.25) is 10.0 Å². The summed E-state index contributed by atoms with van der Waals surface area (Å²) < 4.78 is 44.9. The minimum absolute atomic E-state index is 0.0928. The lowest BCUT2D eigenvalue weighted by molar-refractivity contribution is -0.118. The van der Waals surface area contributed by atoms with E-state index in [0.717, 1.165) is 27.7 Å². The number of sulfonamides is 1. The lowest BCUT2D eigenvalue weighted by Gasteiger charge is -2.30. The third-order valence-electron chi connectivity index (χ3n) is 7.49. The molecule has 6 rings (SSSR count). The van der Waals surface area contributed by atoms with Crippen molar-refractivity contribution in [3.8, 4) is 5.69 Å². The molecule has 35 heavy (non-hydrogen) atoms. The van der Waals surface area contributed by atoms with Crippen LogP contribution in [0.4, 0.5) is 4.39 Å². The Labute approximate surface area is 202 Å². The van der Waals surface area contributed by atoms with E-state index in [9.17, 15) is 17.6 Å². The second-order valence-electron chi connectivity index (χ2n) is 9.68. The second-order valence-corrected chi connectivity index (χ2v) is 11.6. The number of carbonyl (C=O) groups excluding carboxylic acids is 1. The highest BCUT2D eigenvalue weighted by molar-refractivity contribution is 7.89. The van der Waals surface area contributed by atoms with Crippen LogP contribution in [0.5, 0.6) is 0 Å². The van der Waals surface area contributed by atoms with Crippen molar-refractivity contribution >= 4 is 26.7 Å². The highest BCUT2D eigenvalue weighted by atomic mass is 32.2. The van der Waals surface area contributed by atoms with E-state index >= 15 is 0 Å². The van der Waals surface area contributed by atoms with Crippen LogP contribution in [0.15, 0.2) is 59.9 Å². The molecule has 180 valence electrons. The van der Waals surface area contributed by atoms with Crippen LogP contribution in [0.3, 0.4) is 0 Å². The Balaban J connectivity index is 1.43. The monoisotopic (exact) mass is 493 g/mol. The van der Waals surface area contributed by atoms with E-state index in [2.05, 4.69) is 10.2 Å². The molecule has 0 amide bonds. The van der Waals surface area contributed by atoms with E-state index in [1.807, 2.05) is 19.1 Å². The summed E-state index contributed by atoms with van der Waals surface area (Å²) in [5.41, 5.74) is 3.00. The van der Waals surface area contributed by atoms with Gasteiger partial charge in [0.05, 0.1) is 23.6 Å². The van der Waals surface area contributed by atoms with Crippen LogP contribution in [0.1, 0.15) is 24.0 Å². The van der Waals surface area contributed by atoms with Gasteiger partial charge in [-0.15, -0.1) is 0 Å². The number of halogens is 1. The fraction of sp³-hybridized carbons (Fsp3) is 0.320. The highest BCUT2D eigenvalue weighted by Gasteiger charge is 2.56. The number of aryl methyl sites for hydroxylation is 2. The zero-order valence-electron chi connectivity index (χ0n) is 19.3. The van der Waals surface area contributed by atoms with Crippen molar-refractivity contribution < 1.29 is 17.6 Å². The van der Waals surface area contributed by atoms with Crippen molar-refractivity contribution in [3.05, 3.63) is 71.9 Å². The van der Waals surface area contributed by atoms with Crippen molar-refractivity contribution in [3.63, 3.8) is 0 Å². The Morgan fingerprint density at radius 1 is 1.11 bits per heavy atom. The van der Waals surface area contributed by atoms with Crippen LogP contribution < -0.4 is 0 Å². The number of rotatable bonds is 4. The predicted molar refractivity (Wildman–Crippen MR) is 127 cm³/mol. The van der Waals surface area contributed by atoms with Crippen LogP contribution in [0.25, 0.3) is 16.6 Å². The highest BCUT2D eigenvalue weighted by Crippen LogP contribution is 2.51. The van der Waals surface area contributed by atoms with E-state index in [-0.39, 0.29) is 29.0 Å². The molecule has 0 radical (unpaired) electrons. The standard InChI is InChI=1S/C25H24FN5O3S/c1-16-7-24-17(11-28-31(24)20-5-3-19(26)4-6-20)8-23(16)25-10-21(32)9-18(25)13-30(15-25)35(33,34)22-12-27-29(2)14-22/h3-8,11-12,14,18H,9-10,13,15H2,1-2H3. The Morgan fingerprint density at radius 2 is 1.89 bits per heavy atom. The van der Waals surface area contributed by atoms with Crippen LogP contribution >= 0.6 is 0 Å². The number of hydrogen-bond donors (Lipinski definition) is 0. The molecule has 1 aliphatic heterocycles. The van der Waals surface area contributed by atoms with E-state index in [1.165, 1.54) is 33.5 Å². The number of ketones is 1. The quantitative estimate of drug-likeness (QED) is 0.436. The van der Waals surface area contributed by atoms with E-state index in [1.54, 1.807) is 30.1 Å². The summed E-state index contributed by atoms with van der Waals surface area (Å²) >= 11 is 0. The van der Waals surface area contributed by atoms with Gasteiger partial charge in [-0.3, -0.25) is 9.48 Å². The molecule has 2 fully saturated rings. The van der Waals surface area contributed by atoms with E-state index in [4.69, 9.17) is 0 Å². The number of Topliss-reactive ketones (excluding diaryl/α,β-unsaturated/α-hetero) is 1. The zero-order valence-corrected chi connectivity index (χ0v) is 20.2. The Bertz CT molecular complexity index is 1590. The van der Waals surface area contributed by atoms with E-state index in [0.29, 0.717) is 19.4 Å². The Morgan fingerprint density at radius 3 is 2.60 bits per heavy atom. The molecule has 1 saturated heterocycles. The first kappa shape index (κ1) is 22.1. The van der Waals surface area contributed by atoms with Gasteiger partial charge in [-0.1, -0.05) is 0 Å². The number of hydrogen-bond acceptors (Lipinski definition) is 5. The molecule has 1 aliphatic carbocycles. The predicted octanol–water partition coefficient (Wildman–Crippen LogP) is 3.13. The molecule has 1 saturated carbocycles. The zero-order chi connectivity index (χ0) is 24.5. The minimum atomic E-state index is -3.72. The molecule has 2 aromatic carbocycles. The SMILES string of the molecule is Cc1cc2c(cnn2-c2ccc(F)cc2)cc1C12CC(=O)CC1CN(S(=O)(=O)c1cnn(C)c1)C2. The lowest BCUT2D eigenvalue weighted by Crippen LogP contribution is -2.35. The van der Waals surface area contributed by atoms with Gasteiger partial charge in [0.25, 0.3) is 0 Å². The molecule has 2 atom stereocenters. The number of aromatic nitrogens is 4. The third kappa shape index (κ3) is 3.35. The smallest absolute Gasteiger partial charge is 0.246 e. The number of benzene rings is 2. The average molecular weight is 494 g/mol. The summed E-state index contributed by atoms with van der Waals surface area (Å²) in [6.45, 7) is 2.54. The summed E-state index contributed by atoms with van der Waals surface area (Å²) in [5.74, 6) is -0.244. The van der Waals surface area contributed by atoms with Gasteiger partial charge < -0.3 is 0 Å². The maximum atomic E-state index is 13.4. The van der Waals surface area contributed by atoms with Crippen LogP contribution in [0.2, 0.25) is 0 Å². The molecule has 0 N–H and O–H groups in total. The second kappa shape index (κ2) is 7.56. The summed E-state index contributed by atoms with van der Waals surface area (Å²) in [5, 5.41) is 9.42. The maximum Gasteiger partial charge on any atom is 0.246 e. The normalized spacial score (nSPS) is 22.8. The first-order valence-corrected chi connectivity index (χ1v) is 12.9. The van der Waals surface area contributed by atoms with Crippen molar-refractivity contribution in [2.45, 2.75) is 30.1 Å². The fourth-order valence-corrected chi connectivity index (χ4v) is 7.40. The summed E-state index contributed by atoms with van der Waals surface area (Å²) in [6.07, 6.45) is 5.30. The average Bonchev–Trinajstić information content (AvgIpc) is 3.56. The molecular formula is C25H24FN5O3S. The molecule has 8 nitrogen and oxygen atoms in total. The largest absolute Gasteiger partial charge is 0.300 e. The molecule has 10 heteroatoms. The molecule has 4 aromatic rings. The first-order valence-electron chi connectivity index (χ1n) is 11.4. The summed E-state index contributed by atoms with van der Waals surface area (Å²) in [7, 11) is -2.04. The molecule has 2 aromatic heterocycles. The third-order valence-corrected chi connectivity index (χ3v) is 9.26. The number of fused-ring (bicyclic) bond motifs is 2. The van der Waals surface area contributed by atoms with Gasteiger partial charge in [0.1, 0.15) is 16.5 Å². The van der Waals surface area contributed by atoms with Crippen LogP contribution in [-0.4, -0.2) is 51.2 Å². The Kier molecular flexibility index (Phi) is 4.78. The fourth-order valence-electron chi connectivity index (χ4n) is 5.86. The Hall–Kier alpha value is -3.37. The molecule has 0 bridgehead atoms. The molecule has 0 spiro atoms. The van der Waals surface area contributed by atoms with Gasteiger partial charge >= 0.3 is 0 Å². The van der Waals surface area contributed by atoms with Crippen LogP contribution in [-0.2, 0) is 27.3 Å². The van der Waals surface area contributed by atoms with Crippen LogP contribution in [0, 0.1) is 18.7 Å². The minimum Gasteiger partial charge on any atom is -0.300 e. The van der Waals surface area contributed by atoms with Gasteiger partial charge in [0.15, 0.2) is 0 Å². The summed E-state index contributed by atoms with van der Waals surface area (Å²) in [6, 6.07) is 10.2. The van der Waals surface area contributed by atoms with Gasteiger partial charge in [-0.2, -0.15) is 14.5 Å². The number of nitrogens with zero attached hydrogens (tertiary/aromatic N) is 5. The van der Waals surface area contributed by atoms with Gasteiger partial charge in [-0.25, -0.2) is 17.5 Å². The molecule has 2 unspecified atom stereocenters. The summed E-state index contributed by atoms with van der Waals surface area (Å²) in [4.78, 5) is 12.8. The van der Waals surface area contributed by atoms with Crippen molar-refractivity contribution in [2.75, 3.05) is 13.1 Å². The molecule has 2 aliphatic rings. The van der Waals surface area contributed by atoms with Crippen molar-refractivity contribution in [2.24, 2.45) is 13.0 Å². The first-order chi connectivity index (χ1) is 16.7. The molecular weight excluding hydrogens is 469 g/mol. The van der Waals surface area contributed by atoms with Gasteiger partial charge in [0, 0.05) is 50.0 Å². The van der Waals surface area contributed by atoms with Gasteiger partial charge in [-0.05, 0) is 60.4 Å². The maximum absolute atomic E-state index is 13.4.